The molecule has 3 fully saturated rings. The first-order valence-corrected chi connectivity index (χ1v) is 8.95. The van der Waals surface area contributed by atoms with Crippen LogP contribution in [0.4, 0.5) is 0 Å². The third kappa shape index (κ3) is 3.31. The molecule has 4 rings (SSSR count). The van der Waals surface area contributed by atoms with E-state index < -0.39 is 0 Å². The van der Waals surface area contributed by atoms with Gasteiger partial charge in [0.25, 0.3) is 0 Å². The fourth-order valence-corrected chi connectivity index (χ4v) is 4.16. The van der Waals surface area contributed by atoms with Gasteiger partial charge in [-0.15, -0.1) is 0 Å². The molecule has 1 N–H and O–H groups in total. The van der Waals surface area contributed by atoms with Gasteiger partial charge in [0.05, 0.1) is 18.6 Å². The summed E-state index contributed by atoms with van der Waals surface area (Å²) in [7, 11) is 0. The largest absolute Gasteiger partial charge is 0.472 e. The highest BCUT2D eigenvalue weighted by Crippen LogP contribution is 2.34. The van der Waals surface area contributed by atoms with E-state index in [1.807, 2.05) is 12.3 Å². The molecule has 1 aliphatic carbocycles. The van der Waals surface area contributed by atoms with Crippen LogP contribution in [-0.2, 0) is 16.1 Å². The molecule has 2 aliphatic heterocycles. The highest BCUT2D eigenvalue weighted by Gasteiger charge is 2.42. The third-order valence-electron chi connectivity index (χ3n) is 5.73. The molecule has 5 heteroatoms. The predicted molar refractivity (Wildman–Crippen MR) is 85.7 cm³/mol. The van der Waals surface area contributed by atoms with E-state index in [0.717, 1.165) is 51.9 Å². The summed E-state index contributed by atoms with van der Waals surface area (Å²) in [6.45, 7) is 3.60. The fraction of sp³-hybridized carbons (Fsp3) is 0.722. The second-order valence-electron chi connectivity index (χ2n) is 7.26. The average Bonchev–Trinajstić information content (AvgIpc) is 3.03. The van der Waals surface area contributed by atoms with Gasteiger partial charge in [-0.1, -0.05) is 0 Å². The van der Waals surface area contributed by atoms with Gasteiger partial charge in [-0.3, -0.25) is 9.69 Å². The summed E-state index contributed by atoms with van der Waals surface area (Å²) >= 11 is 0. The average molecular weight is 318 g/mol. The van der Waals surface area contributed by atoms with Crippen molar-refractivity contribution in [3.05, 3.63) is 24.2 Å². The number of likely N-dealkylation sites (tertiary alicyclic amines) is 1. The SMILES string of the molecule is O=C(NC1CCC1)[C@@H]1CCO[C@@H]2CCN(Cc3ccoc3)C[C@@H]21. The van der Waals surface area contributed by atoms with Crippen LogP contribution in [0.1, 0.15) is 37.7 Å². The van der Waals surface area contributed by atoms with Crippen molar-refractivity contribution in [3.63, 3.8) is 0 Å². The van der Waals surface area contributed by atoms with Crippen LogP contribution >= 0.6 is 0 Å². The number of furan rings is 1. The molecule has 23 heavy (non-hydrogen) atoms. The number of rotatable bonds is 4. The molecule has 3 atom stereocenters. The van der Waals surface area contributed by atoms with Crippen molar-refractivity contribution in [2.45, 2.75) is 50.8 Å². The summed E-state index contributed by atoms with van der Waals surface area (Å²) < 4.78 is 11.1. The van der Waals surface area contributed by atoms with Crippen molar-refractivity contribution in [2.24, 2.45) is 11.8 Å². The zero-order valence-electron chi connectivity index (χ0n) is 13.6. The maximum atomic E-state index is 12.7. The van der Waals surface area contributed by atoms with Crippen LogP contribution in [-0.4, -0.2) is 42.6 Å². The Hall–Kier alpha value is -1.33. The van der Waals surface area contributed by atoms with Crippen LogP contribution in [0.2, 0.25) is 0 Å². The van der Waals surface area contributed by atoms with E-state index in [2.05, 4.69) is 10.2 Å². The third-order valence-corrected chi connectivity index (χ3v) is 5.73. The molecular weight excluding hydrogens is 292 g/mol. The van der Waals surface area contributed by atoms with E-state index in [4.69, 9.17) is 9.15 Å². The molecule has 0 aromatic carbocycles. The number of amides is 1. The lowest BCUT2D eigenvalue weighted by Gasteiger charge is -2.45. The summed E-state index contributed by atoms with van der Waals surface area (Å²) in [5, 5.41) is 3.25. The Balaban J connectivity index is 1.40. The first-order valence-electron chi connectivity index (χ1n) is 8.95. The van der Waals surface area contributed by atoms with E-state index in [-0.39, 0.29) is 17.9 Å². The molecule has 1 saturated carbocycles. The highest BCUT2D eigenvalue weighted by molar-refractivity contribution is 5.79. The number of carbonyl (C=O) groups is 1. The van der Waals surface area contributed by atoms with Crippen LogP contribution < -0.4 is 5.32 Å². The van der Waals surface area contributed by atoms with E-state index in [1.165, 1.54) is 12.0 Å². The van der Waals surface area contributed by atoms with E-state index in [1.54, 1.807) is 6.26 Å². The number of hydrogen-bond donors (Lipinski definition) is 1. The molecule has 0 spiro atoms. The molecular formula is C18H26N2O3. The van der Waals surface area contributed by atoms with Crippen molar-refractivity contribution in [1.29, 1.82) is 0 Å². The molecule has 126 valence electrons. The van der Waals surface area contributed by atoms with Gasteiger partial charge in [0.1, 0.15) is 0 Å². The van der Waals surface area contributed by atoms with Crippen molar-refractivity contribution in [2.75, 3.05) is 19.7 Å². The Labute approximate surface area is 137 Å². The number of ether oxygens (including phenoxy) is 1. The quantitative estimate of drug-likeness (QED) is 0.924. The molecule has 0 radical (unpaired) electrons. The van der Waals surface area contributed by atoms with Gasteiger partial charge in [-0.05, 0) is 38.2 Å². The molecule has 1 aromatic rings. The maximum Gasteiger partial charge on any atom is 0.223 e. The Bertz CT molecular complexity index is 526. The maximum absolute atomic E-state index is 12.7. The number of carbonyl (C=O) groups excluding carboxylic acids is 1. The van der Waals surface area contributed by atoms with Gasteiger partial charge in [0, 0.05) is 49.7 Å². The zero-order chi connectivity index (χ0) is 15.6. The number of nitrogens with zero attached hydrogens (tertiary/aromatic N) is 1. The van der Waals surface area contributed by atoms with Gasteiger partial charge in [-0.2, -0.15) is 0 Å². The normalized spacial score (nSPS) is 32.1. The van der Waals surface area contributed by atoms with Crippen molar-refractivity contribution >= 4 is 5.91 Å². The van der Waals surface area contributed by atoms with Crippen LogP contribution in [0.15, 0.2) is 23.0 Å². The van der Waals surface area contributed by atoms with Gasteiger partial charge < -0.3 is 14.5 Å². The smallest absolute Gasteiger partial charge is 0.223 e. The number of piperidine rings is 1. The van der Waals surface area contributed by atoms with Crippen LogP contribution in [0.5, 0.6) is 0 Å². The Kier molecular flexibility index (Phi) is 4.40. The van der Waals surface area contributed by atoms with E-state index >= 15 is 0 Å². The van der Waals surface area contributed by atoms with Gasteiger partial charge >= 0.3 is 0 Å². The zero-order valence-corrected chi connectivity index (χ0v) is 13.6. The molecule has 1 aromatic heterocycles. The number of nitrogens with one attached hydrogen (secondary N) is 1. The standard InChI is InChI=1S/C18H26N2O3/c21-18(19-14-2-1-3-14)15-6-9-23-17-4-7-20(11-16(15)17)10-13-5-8-22-12-13/h5,8,12,14-17H,1-4,6-7,9-11H2,(H,19,21)/t15-,16-,17-/m1/s1. The first-order chi connectivity index (χ1) is 11.3. The van der Waals surface area contributed by atoms with Crippen molar-refractivity contribution < 1.29 is 13.9 Å². The Morgan fingerprint density at radius 2 is 2.22 bits per heavy atom. The lowest BCUT2D eigenvalue weighted by molar-refractivity contribution is -0.143. The summed E-state index contributed by atoms with van der Waals surface area (Å²) in [5.41, 5.74) is 1.20. The Morgan fingerprint density at radius 1 is 1.30 bits per heavy atom. The van der Waals surface area contributed by atoms with Crippen molar-refractivity contribution in [3.8, 4) is 0 Å². The first kappa shape index (κ1) is 15.2. The molecule has 0 bridgehead atoms. The molecule has 2 saturated heterocycles. The topological polar surface area (TPSA) is 54.7 Å². The van der Waals surface area contributed by atoms with Crippen molar-refractivity contribution in [1.82, 2.24) is 10.2 Å². The fourth-order valence-electron chi connectivity index (χ4n) is 4.16. The minimum absolute atomic E-state index is 0.112. The summed E-state index contributed by atoms with van der Waals surface area (Å²) in [6.07, 6.45) is 9.22. The second-order valence-corrected chi connectivity index (χ2v) is 7.26. The van der Waals surface area contributed by atoms with E-state index in [0.29, 0.717) is 12.0 Å². The molecule has 5 nitrogen and oxygen atoms in total. The van der Waals surface area contributed by atoms with E-state index in [9.17, 15) is 4.79 Å². The predicted octanol–water partition coefficient (Wildman–Crippen LogP) is 2.18. The number of fused-ring (bicyclic) bond motifs is 1. The van der Waals surface area contributed by atoms with Gasteiger partial charge in [-0.25, -0.2) is 0 Å². The monoisotopic (exact) mass is 318 g/mol. The minimum Gasteiger partial charge on any atom is -0.472 e. The summed E-state index contributed by atoms with van der Waals surface area (Å²) in [6, 6.07) is 2.44. The molecule has 1 amide bonds. The number of hydrogen-bond acceptors (Lipinski definition) is 4. The molecule has 3 aliphatic rings. The summed E-state index contributed by atoms with van der Waals surface area (Å²) in [5.74, 6) is 0.698. The lowest BCUT2D eigenvalue weighted by atomic mass is 9.78. The lowest BCUT2D eigenvalue weighted by Crippen LogP contribution is -2.54. The van der Waals surface area contributed by atoms with Crippen LogP contribution in [0.3, 0.4) is 0 Å². The molecule has 0 unspecified atom stereocenters. The molecule has 3 heterocycles. The van der Waals surface area contributed by atoms with Gasteiger partial charge in [0.2, 0.25) is 5.91 Å². The van der Waals surface area contributed by atoms with Crippen LogP contribution in [0, 0.1) is 11.8 Å². The van der Waals surface area contributed by atoms with Gasteiger partial charge in [0.15, 0.2) is 0 Å². The highest BCUT2D eigenvalue weighted by atomic mass is 16.5. The second kappa shape index (κ2) is 6.65. The minimum atomic E-state index is 0.112. The summed E-state index contributed by atoms with van der Waals surface area (Å²) in [4.78, 5) is 15.1. The van der Waals surface area contributed by atoms with Crippen LogP contribution in [0.25, 0.3) is 0 Å². The Morgan fingerprint density at radius 3 is 2.96 bits per heavy atom.